The lowest BCUT2D eigenvalue weighted by atomic mass is 9.97. The number of amides is 1. The molecule has 1 atom stereocenters. The van der Waals surface area contributed by atoms with Gasteiger partial charge in [0.1, 0.15) is 11.9 Å². The summed E-state index contributed by atoms with van der Waals surface area (Å²) in [7, 11) is 0. The summed E-state index contributed by atoms with van der Waals surface area (Å²) in [5.41, 5.74) is 3.01. The van der Waals surface area contributed by atoms with Crippen LogP contribution in [0.15, 0.2) is 41.1 Å². The summed E-state index contributed by atoms with van der Waals surface area (Å²) in [6, 6.07) is 6.50. The van der Waals surface area contributed by atoms with Crippen LogP contribution >= 0.6 is 0 Å². The Bertz CT molecular complexity index is 655. The number of rotatable bonds is 6. The molecule has 5 heteroatoms. The number of benzene rings is 1. The Balaban J connectivity index is 1.39. The van der Waals surface area contributed by atoms with Gasteiger partial charge in [0.05, 0.1) is 12.3 Å². The second-order valence-electron chi connectivity index (χ2n) is 6.48. The van der Waals surface area contributed by atoms with Crippen LogP contribution < -0.4 is 5.32 Å². The van der Waals surface area contributed by atoms with E-state index in [2.05, 4.69) is 16.5 Å². The van der Waals surface area contributed by atoms with Crippen LogP contribution in [-0.4, -0.2) is 24.3 Å². The number of halogens is 1. The van der Waals surface area contributed by atoms with Crippen molar-refractivity contribution in [3.05, 3.63) is 47.3 Å². The zero-order valence-corrected chi connectivity index (χ0v) is 13.8. The van der Waals surface area contributed by atoms with Gasteiger partial charge >= 0.3 is 0 Å². The number of oxime groups is 1. The molecule has 1 aromatic carbocycles. The first-order valence-electron chi connectivity index (χ1n) is 8.59. The van der Waals surface area contributed by atoms with Crippen molar-refractivity contribution >= 4 is 11.6 Å². The van der Waals surface area contributed by atoms with Gasteiger partial charge in [-0.15, -0.1) is 0 Å². The van der Waals surface area contributed by atoms with Gasteiger partial charge < -0.3 is 10.2 Å². The molecule has 24 heavy (non-hydrogen) atoms. The standard InChI is InChI=1S/C19H23FN2O2/c20-16-8-4-7-15(9-16)10-17-12-18(24-22-17)13-21-19(23)11-14-5-2-1-3-6-14/h4-5,7-9,18H,1-3,6,10-13H2,(H,21,23). The summed E-state index contributed by atoms with van der Waals surface area (Å²) in [6.07, 6.45) is 8.33. The van der Waals surface area contributed by atoms with Gasteiger partial charge in [0.25, 0.3) is 0 Å². The van der Waals surface area contributed by atoms with Crippen LogP contribution in [0.2, 0.25) is 0 Å². The molecule has 2 aliphatic rings. The van der Waals surface area contributed by atoms with Crippen molar-refractivity contribution in [1.82, 2.24) is 5.32 Å². The number of hydrogen-bond acceptors (Lipinski definition) is 3. The lowest BCUT2D eigenvalue weighted by Gasteiger charge is -2.14. The predicted octanol–water partition coefficient (Wildman–Crippen LogP) is 3.52. The highest BCUT2D eigenvalue weighted by Crippen LogP contribution is 2.20. The molecule has 1 aliphatic heterocycles. The van der Waals surface area contributed by atoms with E-state index in [0.29, 0.717) is 25.8 Å². The number of nitrogens with one attached hydrogen (secondary N) is 1. The van der Waals surface area contributed by atoms with E-state index in [1.807, 2.05) is 6.07 Å². The molecular weight excluding hydrogens is 307 g/mol. The Kier molecular flexibility index (Phi) is 5.62. The molecule has 128 valence electrons. The van der Waals surface area contributed by atoms with E-state index in [1.165, 1.54) is 30.5 Å². The molecule has 1 amide bonds. The quantitative estimate of drug-likeness (QED) is 0.811. The van der Waals surface area contributed by atoms with E-state index >= 15 is 0 Å². The molecule has 1 heterocycles. The summed E-state index contributed by atoms with van der Waals surface area (Å²) in [5.74, 6) is -0.196. The van der Waals surface area contributed by atoms with Crippen molar-refractivity contribution in [2.75, 3.05) is 6.54 Å². The molecule has 3 rings (SSSR count). The molecule has 0 fully saturated rings. The molecule has 1 aliphatic carbocycles. The lowest BCUT2D eigenvalue weighted by molar-refractivity contribution is -0.121. The third kappa shape index (κ3) is 4.91. The van der Waals surface area contributed by atoms with E-state index in [0.717, 1.165) is 24.1 Å². The number of carbonyl (C=O) groups is 1. The molecule has 0 radical (unpaired) electrons. The highest BCUT2D eigenvalue weighted by atomic mass is 19.1. The minimum atomic E-state index is -0.243. The third-order valence-electron chi connectivity index (χ3n) is 4.39. The highest BCUT2D eigenvalue weighted by Gasteiger charge is 2.22. The van der Waals surface area contributed by atoms with Crippen LogP contribution in [0, 0.1) is 5.82 Å². The summed E-state index contributed by atoms with van der Waals surface area (Å²) in [5, 5.41) is 6.99. The molecule has 0 spiro atoms. The zero-order valence-electron chi connectivity index (χ0n) is 13.8. The van der Waals surface area contributed by atoms with Gasteiger partial charge in [0, 0.05) is 19.3 Å². The van der Waals surface area contributed by atoms with Gasteiger partial charge in [0.15, 0.2) is 0 Å². The number of carbonyl (C=O) groups excluding carboxylic acids is 1. The van der Waals surface area contributed by atoms with Crippen molar-refractivity contribution in [3.63, 3.8) is 0 Å². The van der Waals surface area contributed by atoms with Gasteiger partial charge in [-0.2, -0.15) is 0 Å². The Morgan fingerprint density at radius 1 is 1.38 bits per heavy atom. The highest BCUT2D eigenvalue weighted by molar-refractivity contribution is 5.87. The van der Waals surface area contributed by atoms with Crippen LogP contribution in [0.4, 0.5) is 4.39 Å². The van der Waals surface area contributed by atoms with Gasteiger partial charge in [-0.25, -0.2) is 4.39 Å². The molecule has 0 saturated heterocycles. The van der Waals surface area contributed by atoms with Crippen LogP contribution in [0.3, 0.4) is 0 Å². The Hall–Kier alpha value is -2.17. The van der Waals surface area contributed by atoms with Gasteiger partial charge in [0.2, 0.25) is 5.91 Å². The third-order valence-corrected chi connectivity index (χ3v) is 4.39. The average molecular weight is 330 g/mol. The molecule has 0 bridgehead atoms. The zero-order chi connectivity index (χ0) is 16.8. The van der Waals surface area contributed by atoms with E-state index < -0.39 is 0 Å². The Morgan fingerprint density at radius 2 is 2.29 bits per heavy atom. The van der Waals surface area contributed by atoms with E-state index in [-0.39, 0.29) is 17.8 Å². The molecule has 0 aromatic heterocycles. The van der Waals surface area contributed by atoms with Crippen LogP contribution in [0.1, 0.15) is 44.1 Å². The first kappa shape index (κ1) is 16.7. The number of allylic oxidation sites excluding steroid dienone is 1. The smallest absolute Gasteiger partial charge is 0.224 e. The predicted molar refractivity (Wildman–Crippen MR) is 91.2 cm³/mol. The second-order valence-corrected chi connectivity index (χ2v) is 6.48. The lowest BCUT2D eigenvalue weighted by Crippen LogP contribution is -2.32. The summed E-state index contributed by atoms with van der Waals surface area (Å²) < 4.78 is 13.2. The fourth-order valence-electron chi connectivity index (χ4n) is 3.14. The molecular formula is C19H23FN2O2. The monoisotopic (exact) mass is 330 g/mol. The minimum Gasteiger partial charge on any atom is -0.390 e. The maximum Gasteiger partial charge on any atom is 0.224 e. The first-order valence-corrected chi connectivity index (χ1v) is 8.59. The maximum absolute atomic E-state index is 13.2. The summed E-state index contributed by atoms with van der Waals surface area (Å²) in [4.78, 5) is 17.4. The maximum atomic E-state index is 13.2. The van der Waals surface area contributed by atoms with E-state index in [4.69, 9.17) is 4.84 Å². The van der Waals surface area contributed by atoms with Gasteiger partial charge in [-0.1, -0.05) is 28.9 Å². The number of hydrogen-bond donors (Lipinski definition) is 1. The van der Waals surface area contributed by atoms with Crippen molar-refractivity contribution in [2.24, 2.45) is 5.16 Å². The molecule has 1 unspecified atom stereocenters. The fourth-order valence-corrected chi connectivity index (χ4v) is 3.14. The van der Waals surface area contributed by atoms with Crippen molar-refractivity contribution in [2.45, 2.75) is 51.0 Å². The summed E-state index contributed by atoms with van der Waals surface area (Å²) >= 11 is 0. The largest absolute Gasteiger partial charge is 0.390 e. The fraction of sp³-hybridized carbons (Fsp3) is 0.474. The summed E-state index contributed by atoms with van der Waals surface area (Å²) in [6.45, 7) is 0.461. The molecule has 1 aromatic rings. The SMILES string of the molecule is O=C(CC1=CCCCC1)NCC1CC(Cc2cccc(F)c2)=NO1. The Morgan fingerprint density at radius 3 is 3.08 bits per heavy atom. The average Bonchev–Trinajstić information content (AvgIpc) is 3.01. The van der Waals surface area contributed by atoms with E-state index in [9.17, 15) is 9.18 Å². The number of nitrogens with zero attached hydrogens (tertiary/aromatic N) is 1. The van der Waals surface area contributed by atoms with Crippen LogP contribution in [0.5, 0.6) is 0 Å². The molecule has 0 saturated carbocycles. The van der Waals surface area contributed by atoms with Crippen LogP contribution in [0.25, 0.3) is 0 Å². The van der Waals surface area contributed by atoms with Crippen LogP contribution in [-0.2, 0) is 16.1 Å². The normalized spacial score (nSPS) is 20.1. The van der Waals surface area contributed by atoms with Crippen molar-refractivity contribution < 1.29 is 14.0 Å². The van der Waals surface area contributed by atoms with E-state index in [1.54, 1.807) is 6.07 Å². The van der Waals surface area contributed by atoms with Crippen molar-refractivity contribution in [1.29, 1.82) is 0 Å². The van der Waals surface area contributed by atoms with Gasteiger partial charge in [-0.05, 0) is 43.4 Å². The second kappa shape index (κ2) is 8.08. The van der Waals surface area contributed by atoms with Crippen molar-refractivity contribution in [3.8, 4) is 0 Å². The topological polar surface area (TPSA) is 50.7 Å². The first-order chi connectivity index (χ1) is 11.7. The Labute approximate surface area is 141 Å². The molecule has 4 nitrogen and oxygen atoms in total. The minimum absolute atomic E-state index is 0.0466. The molecule has 1 N–H and O–H groups in total. The van der Waals surface area contributed by atoms with Gasteiger partial charge in [-0.3, -0.25) is 4.79 Å².